The average molecular weight is 366 g/mol. The van der Waals surface area contributed by atoms with E-state index in [1.807, 2.05) is 13.8 Å². The lowest BCUT2D eigenvalue weighted by Gasteiger charge is -2.24. The Morgan fingerprint density at radius 1 is 1.32 bits per heavy atom. The number of halogens is 2. The molecule has 2 atom stereocenters. The fourth-order valence-corrected chi connectivity index (χ4v) is 2.67. The van der Waals surface area contributed by atoms with Gasteiger partial charge in [0.25, 0.3) is 0 Å². The quantitative estimate of drug-likeness (QED) is 0.663. The molecule has 7 heteroatoms. The molecule has 0 unspecified atom stereocenters. The Kier molecular flexibility index (Phi) is 7.16. The van der Waals surface area contributed by atoms with Crippen LogP contribution < -0.4 is 15.4 Å². The van der Waals surface area contributed by atoms with Crippen LogP contribution in [-0.2, 0) is 4.79 Å². The van der Waals surface area contributed by atoms with Gasteiger partial charge in [0.15, 0.2) is 11.6 Å². The largest absolute Gasteiger partial charge is 0.453 e. The van der Waals surface area contributed by atoms with Crippen LogP contribution in [0.3, 0.4) is 0 Å². The van der Waals surface area contributed by atoms with Gasteiger partial charge in [0, 0.05) is 36.6 Å². The summed E-state index contributed by atoms with van der Waals surface area (Å²) in [6.07, 6.45) is 4.42. The van der Waals surface area contributed by atoms with Crippen LogP contribution in [0.25, 0.3) is 0 Å². The second-order valence-corrected chi connectivity index (χ2v) is 6.03. The zero-order valence-corrected chi connectivity index (χ0v) is 14.9. The Labute approximate surface area is 151 Å². The van der Waals surface area contributed by atoms with E-state index in [0.717, 1.165) is 0 Å². The first-order valence-corrected chi connectivity index (χ1v) is 8.43. The van der Waals surface area contributed by atoms with E-state index < -0.39 is 5.82 Å². The molecule has 2 N–H and O–H groups in total. The molecule has 1 aromatic heterocycles. The van der Waals surface area contributed by atoms with Gasteiger partial charge < -0.3 is 15.4 Å². The van der Waals surface area contributed by atoms with E-state index >= 15 is 4.39 Å². The number of aromatic nitrogens is 1. The highest BCUT2D eigenvalue weighted by molar-refractivity contribution is 6.32. The highest BCUT2D eigenvalue weighted by Crippen LogP contribution is 2.36. The van der Waals surface area contributed by atoms with Gasteiger partial charge in [-0.2, -0.15) is 0 Å². The van der Waals surface area contributed by atoms with E-state index in [1.54, 1.807) is 36.7 Å². The van der Waals surface area contributed by atoms with Crippen LogP contribution in [-0.4, -0.2) is 24.0 Å². The summed E-state index contributed by atoms with van der Waals surface area (Å²) in [5, 5.41) is 6.11. The molecule has 0 radical (unpaired) electrons. The molecular formula is C18H21ClFN3O2. The number of benzene rings is 1. The van der Waals surface area contributed by atoms with Crippen LogP contribution in [0.5, 0.6) is 11.5 Å². The van der Waals surface area contributed by atoms with Gasteiger partial charge in [0.05, 0.1) is 5.02 Å². The van der Waals surface area contributed by atoms with Crippen molar-refractivity contribution in [1.29, 1.82) is 0 Å². The summed E-state index contributed by atoms with van der Waals surface area (Å²) in [5.74, 6) is -0.0546. The second kappa shape index (κ2) is 9.34. The fraction of sp³-hybridized carbons (Fsp3) is 0.333. The number of carbonyl (C=O) groups is 1. The van der Waals surface area contributed by atoms with Gasteiger partial charge in [0.2, 0.25) is 6.41 Å². The van der Waals surface area contributed by atoms with E-state index in [4.69, 9.17) is 16.3 Å². The molecule has 0 aliphatic carbocycles. The van der Waals surface area contributed by atoms with Crippen molar-refractivity contribution in [3.8, 4) is 11.5 Å². The van der Waals surface area contributed by atoms with Crippen molar-refractivity contribution in [2.45, 2.75) is 32.4 Å². The number of hydrogen-bond acceptors (Lipinski definition) is 4. The topological polar surface area (TPSA) is 63.2 Å². The first-order chi connectivity index (χ1) is 12.1. The van der Waals surface area contributed by atoms with Crippen LogP contribution in [0, 0.1) is 5.82 Å². The van der Waals surface area contributed by atoms with Crippen LogP contribution in [0.1, 0.15) is 31.9 Å². The molecule has 1 aromatic carbocycles. The first-order valence-electron chi connectivity index (χ1n) is 8.05. The summed E-state index contributed by atoms with van der Waals surface area (Å²) < 4.78 is 20.6. The first kappa shape index (κ1) is 19.1. The summed E-state index contributed by atoms with van der Waals surface area (Å²) in [7, 11) is 0. The molecule has 0 saturated carbocycles. The SMILES string of the molecule is CC[C@@H](N[C@@H](C)CNC=O)c1ccc(Cl)c(Oc2ccncc2)c1F. The van der Waals surface area contributed by atoms with Gasteiger partial charge in [-0.3, -0.25) is 9.78 Å². The Morgan fingerprint density at radius 3 is 2.68 bits per heavy atom. The molecule has 1 amide bonds. The maximum absolute atomic E-state index is 15.0. The number of nitrogens with zero attached hydrogens (tertiary/aromatic N) is 1. The number of amides is 1. The normalized spacial score (nSPS) is 13.1. The molecule has 5 nitrogen and oxygen atoms in total. The lowest BCUT2D eigenvalue weighted by atomic mass is 10.0. The number of hydrogen-bond donors (Lipinski definition) is 2. The number of pyridine rings is 1. The highest BCUT2D eigenvalue weighted by Gasteiger charge is 2.21. The Balaban J connectivity index is 2.25. The Bertz CT molecular complexity index is 700. The summed E-state index contributed by atoms with van der Waals surface area (Å²) >= 11 is 6.12. The van der Waals surface area contributed by atoms with Gasteiger partial charge >= 0.3 is 0 Å². The minimum Gasteiger partial charge on any atom is -0.453 e. The van der Waals surface area contributed by atoms with Gasteiger partial charge in [-0.1, -0.05) is 24.6 Å². The van der Waals surface area contributed by atoms with E-state index in [1.165, 1.54) is 0 Å². The van der Waals surface area contributed by atoms with Crippen molar-refractivity contribution >= 4 is 18.0 Å². The lowest BCUT2D eigenvalue weighted by molar-refractivity contribution is -0.109. The minimum absolute atomic E-state index is 0.00992. The predicted octanol–water partition coefficient (Wildman–Crippen LogP) is 3.84. The Morgan fingerprint density at radius 2 is 2.04 bits per heavy atom. The minimum atomic E-state index is -0.501. The van der Waals surface area contributed by atoms with Gasteiger partial charge in [-0.05, 0) is 31.5 Å². The molecule has 134 valence electrons. The molecule has 25 heavy (non-hydrogen) atoms. The summed E-state index contributed by atoms with van der Waals surface area (Å²) in [6, 6.07) is 6.28. The summed E-state index contributed by atoms with van der Waals surface area (Å²) in [4.78, 5) is 14.3. The van der Waals surface area contributed by atoms with Gasteiger partial charge in [0.1, 0.15) is 5.75 Å². The molecule has 0 bridgehead atoms. The molecule has 2 aromatic rings. The standard InChI is InChI=1S/C18H21ClFN3O2/c1-3-16(23-12(2)10-22-11-24)14-4-5-15(19)18(17(14)20)25-13-6-8-21-9-7-13/h4-9,11-12,16,23H,3,10H2,1-2H3,(H,22,24)/t12-,16+/m0/s1. The molecule has 2 rings (SSSR count). The van der Waals surface area contributed by atoms with Crippen molar-refractivity contribution in [3.05, 3.63) is 53.1 Å². The molecule has 0 spiro atoms. The molecular weight excluding hydrogens is 345 g/mol. The van der Waals surface area contributed by atoms with Crippen LogP contribution in [0.4, 0.5) is 4.39 Å². The second-order valence-electron chi connectivity index (χ2n) is 5.62. The third-order valence-corrected chi connectivity index (χ3v) is 4.02. The number of ether oxygens (including phenoxy) is 1. The summed E-state index contributed by atoms with van der Waals surface area (Å²) in [6.45, 7) is 4.33. The van der Waals surface area contributed by atoms with E-state index in [-0.39, 0.29) is 22.9 Å². The van der Waals surface area contributed by atoms with Crippen molar-refractivity contribution in [1.82, 2.24) is 15.6 Å². The van der Waals surface area contributed by atoms with Crippen molar-refractivity contribution < 1.29 is 13.9 Å². The lowest BCUT2D eigenvalue weighted by Crippen LogP contribution is -2.38. The third-order valence-electron chi connectivity index (χ3n) is 3.73. The molecule has 0 saturated heterocycles. The third kappa shape index (κ3) is 5.14. The zero-order valence-electron chi connectivity index (χ0n) is 14.1. The van der Waals surface area contributed by atoms with Gasteiger partial charge in [-0.25, -0.2) is 4.39 Å². The Hall–Kier alpha value is -2.18. The zero-order chi connectivity index (χ0) is 18.2. The van der Waals surface area contributed by atoms with Crippen molar-refractivity contribution in [2.75, 3.05) is 6.54 Å². The number of nitrogens with one attached hydrogen (secondary N) is 2. The highest BCUT2D eigenvalue weighted by atomic mass is 35.5. The maximum Gasteiger partial charge on any atom is 0.207 e. The molecule has 1 heterocycles. The van der Waals surface area contributed by atoms with E-state index in [0.29, 0.717) is 30.7 Å². The number of carbonyl (C=O) groups excluding carboxylic acids is 1. The van der Waals surface area contributed by atoms with Crippen LogP contribution in [0.2, 0.25) is 5.02 Å². The van der Waals surface area contributed by atoms with Crippen molar-refractivity contribution in [2.24, 2.45) is 0 Å². The predicted molar refractivity (Wildman–Crippen MR) is 95.4 cm³/mol. The van der Waals surface area contributed by atoms with Gasteiger partial charge in [-0.15, -0.1) is 0 Å². The molecule has 0 aliphatic rings. The monoisotopic (exact) mass is 365 g/mol. The average Bonchev–Trinajstić information content (AvgIpc) is 2.63. The fourth-order valence-electron chi connectivity index (χ4n) is 2.49. The van der Waals surface area contributed by atoms with E-state index in [2.05, 4.69) is 15.6 Å². The summed E-state index contributed by atoms with van der Waals surface area (Å²) in [5.41, 5.74) is 0.467. The van der Waals surface area contributed by atoms with E-state index in [9.17, 15) is 4.79 Å². The molecule has 0 aliphatic heterocycles. The van der Waals surface area contributed by atoms with Crippen LogP contribution in [0.15, 0.2) is 36.7 Å². The molecule has 0 fully saturated rings. The maximum atomic E-state index is 15.0. The number of rotatable bonds is 9. The van der Waals surface area contributed by atoms with Crippen LogP contribution >= 0.6 is 11.6 Å². The smallest absolute Gasteiger partial charge is 0.207 e. The van der Waals surface area contributed by atoms with Crippen molar-refractivity contribution in [3.63, 3.8) is 0 Å².